The number of phosphoric acid groups is 2. The van der Waals surface area contributed by atoms with Crippen LogP contribution in [0.2, 0.25) is 0 Å². The van der Waals surface area contributed by atoms with Gasteiger partial charge in [-0.15, -0.1) is 0 Å². The molecule has 22 N–H and O–H groups in total. The van der Waals surface area contributed by atoms with Crippen molar-refractivity contribution in [2.45, 2.75) is 339 Å². The molecular formula is C65H121N3O35P2. The predicted molar refractivity (Wildman–Crippen MR) is 362 cm³/mol. The number of phosphoric ester groups is 2. The fourth-order valence-electron chi connectivity index (χ4n) is 13.6. The number of hydrogen-bond acceptors (Lipinski definition) is 33. The van der Waals surface area contributed by atoms with Gasteiger partial charge in [0.1, 0.15) is 85.5 Å². The maximum Gasteiger partial charge on any atom is 0.473 e. The first-order chi connectivity index (χ1) is 49.8. The van der Waals surface area contributed by atoms with Crippen LogP contribution in [0.4, 0.5) is 0 Å². The Morgan fingerprint density at radius 1 is 0.590 bits per heavy atom. The van der Waals surface area contributed by atoms with Crippen molar-refractivity contribution in [3.63, 3.8) is 0 Å². The first-order valence-corrected chi connectivity index (χ1v) is 39.8. The second-order valence-electron chi connectivity index (χ2n) is 28.0. The normalized spacial score (nSPS) is 34.0. The molecule has 0 aromatic heterocycles. The quantitative estimate of drug-likeness (QED) is 0.0130. The second-order valence-corrected chi connectivity index (χ2v) is 30.6. The summed E-state index contributed by atoms with van der Waals surface area (Å²) in [6.07, 6.45) is -28.4. The van der Waals surface area contributed by atoms with Crippen LogP contribution in [0.25, 0.3) is 0 Å². The largest absolute Gasteiger partial charge is 0.473 e. The number of ether oxygens (including phenoxy) is 9. The molecule has 5 rings (SSSR count). The van der Waals surface area contributed by atoms with Crippen molar-refractivity contribution < 1.29 is 171 Å². The van der Waals surface area contributed by atoms with Gasteiger partial charge in [-0.1, -0.05) is 129 Å². The molecule has 105 heavy (non-hydrogen) atoms. The molecule has 5 aliphatic heterocycles. The first kappa shape index (κ1) is 93.4. The van der Waals surface area contributed by atoms with E-state index in [4.69, 9.17) is 57.1 Å². The topological polar surface area (TPSA) is 611 Å². The lowest BCUT2D eigenvalue weighted by Gasteiger charge is -2.54. The highest BCUT2D eigenvalue weighted by atomic mass is 31.2. The lowest BCUT2D eigenvalue weighted by molar-refractivity contribution is -0.435. The van der Waals surface area contributed by atoms with E-state index in [1.54, 1.807) is 0 Å². The van der Waals surface area contributed by atoms with E-state index in [0.29, 0.717) is 19.1 Å². The maximum absolute atomic E-state index is 13.9. The lowest BCUT2D eigenvalue weighted by atomic mass is 9.89. The molecule has 0 aromatic carbocycles. The van der Waals surface area contributed by atoms with Crippen molar-refractivity contribution >= 4 is 33.7 Å². The van der Waals surface area contributed by atoms with Crippen molar-refractivity contribution in [2.24, 2.45) is 0 Å². The zero-order valence-electron chi connectivity index (χ0n) is 59.9. The molecular weight excluding hydrogens is 1440 g/mol. The highest BCUT2D eigenvalue weighted by Gasteiger charge is 2.61. The molecule has 0 aromatic rings. The molecule has 5 aliphatic rings. The van der Waals surface area contributed by atoms with Crippen LogP contribution in [0, 0.1) is 5.41 Å². The zero-order valence-corrected chi connectivity index (χ0v) is 61.7. The Morgan fingerprint density at radius 3 is 1.66 bits per heavy atom. The van der Waals surface area contributed by atoms with Crippen LogP contribution in [-0.4, -0.2) is 326 Å². The van der Waals surface area contributed by atoms with Crippen molar-refractivity contribution in [2.75, 3.05) is 52.9 Å². The molecule has 38 nitrogen and oxygen atoms in total. The van der Waals surface area contributed by atoms with Crippen molar-refractivity contribution in [1.29, 1.82) is 5.41 Å². The number of hydrogen-bond donors (Lipinski definition) is 22. The number of aliphatic hydroxyl groups excluding tert-OH is 15. The lowest BCUT2D eigenvalue weighted by Crippen LogP contribution is -2.70. The summed E-state index contributed by atoms with van der Waals surface area (Å²) in [4.78, 5) is 58.1. The Hall–Kier alpha value is -2.17. The highest BCUT2D eigenvalue weighted by molar-refractivity contribution is 7.47. The summed E-state index contributed by atoms with van der Waals surface area (Å²) in [5, 5.41) is 189. The van der Waals surface area contributed by atoms with Gasteiger partial charge in [0.2, 0.25) is 23.9 Å². The molecule has 616 valence electrons. The predicted octanol–water partition coefficient (Wildman–Crippen LogP) is -2.50. The number of unbranched alkanes of at least 4 members (excludes halogenated alkanes) is 16. The summed E-state index contributed by atoms with van der Waals surface area (Å²) < 4.78 is 95.4. The van der Waals surface area contributed by atoms with Crippen molar-refractivity contribution in [1.82, 2.24) is 10.6 Å². The number of carbonyl (C=O) groups is 2. The fourth-order valence-corrected chi connectivity index (χ4v) is 15.0. The number of aliphatic hydroxyl groups is 16. The molecule has 0 saturated carbocycles. The summed E-state index contributed by atoms with van der Waals surface area (Å²) >= 11 is 0. The smallest absolute Gasteiger partial charge is 0.394 e. The Labute approximate surface area is 611 Å². The monoisotopic (exact) mass is 1570 g/mol. The first-order valence-electron chi connectivity index (χ1n) is 36.8. The molecule has 5 fully saturated rings. The molecule has 40 heteroatoms. The third kappa shape index (κ3) is 30.4. The van der Waals surface area contributed by atoms with Gasteiger partial charge in [-0.05, 0) is 19.3 Å². The molecule has 5 heterocycles. The van der Waals surface area contributed by atoms with Crippen molar-refractivity contribution in [3.05, 3.63) is 0 Å². The SMILES string of the molecule is CCCCCCCCCCC[C@@H](O)CC(=O)N[C@H]1CO[C@H](CO[C@H]2O[C@H](CO[C@]3(C(O)O)C[C@@H](O[C@]4(CO)C[C@@H](O)[C@@H](O)[C@@H]([C@H](O)CO)O4)[C@@H](O[C@H]4O[C@H]([C@@H](O)CO)[C@@H](OP(=O)(O)OCC=N)[C@H](O)[C@@H]4O)[C@@H]([C@H](O)CO)O3)[C@@H](OP(=O)(O)O)C[C@H]2NC(=O)C[C@H](O)CCCCCCCCCCC)[C@@H](O)C1. The molecule has 2 amide bonds. The van der Waals surface area contributed by atoms with Gasteiger partial charge in [0.25, 0.3) is 0 Å². The number of rotatable bonds is 51. The van der Waals surface area contributed by atoms with E-state index < -0.39 is 258 Å². The molecule has 0 aliphatic carbocycles. The van der Waals surface area contributed by atoms with Gasteiger partial charge >= 0.3 is 15.6 Å². The summed E-state index contributed by atoms with van der Waals surface area (Å²) in [7, 11) is -10.9. The summed E-state index contributed by atoms with van der Waals surface area (Å²) in [6.45, 7) is -3.53. The van der Waals surface area contributed by atoms with Crippen LogP contribution in [0.15, 0.2) is 0 Å². The van der Waals surface area contributed by atoms with Crippen LogP contribution in [0.5, 0.6) is 0 Å². The minimum atomic E-state index is -5.63. The Bertz CT molecular complexity index is 2560. The van der Waals surface area contributed by atoms with Gasteiger partial charge in [0.15, 0.2) is 18.4 Å². The van der Waals surface area contributed by atoms with E-state index in [2.05, 4.69) is 29.0 Å². The molecule has 26 atom stereocenters. The van der Waals surface area contributed by atoms with Crippen LogP contribution in [0.3, 0.4) is 0 Å². The third-order valence-corrected chi connectivity index (χ3v) is 20.8. The summed E-state index contributed by atoms with van der Waals surface area (Å²) in [5.41, 5.74) is 0. The van der Waals surface area contributed by atoms with E-state index >= 15 is 0 Å². The Kier molecular flexibility index (Phi) is 41.6. The van der Waals surface area contributed by atoms with E-state index in [0.717, 1.165) is 89.9 Å². The van der Waals surface area contributed by atoms with Crippen molar-refractivity contribution in [3.8, 4) is 0 Å². The van der Waals surface area contributed by atoms with E-state index in [1.165, 1.54) is 19.3 Å². The fraction of sp³-hybridized carbons (Fsp3) is 0.954. The summed E-state index contributed by atoms with van der Waals surface area (Å²) in [6, 6.07) is -2.17. The number of amides is 2. The van der Waals surface area contributed by atoms with Gasteiger partial charge in [-0.25, -0.2) is 9.13 Å². The summed E-state index contributed by atoms with van der Waals surface area (Å²) in [5.74, 6) is -7.17. The van der Waals surface area contributed by atoms with E-state index in [9.17, 15) is 115 Å². The van der Waals surface area contributed by atoms with Crippen LogP contribution in [-0.2, 0) is 74.9 Å². The van der Waals surface area contributed by atoms with Gasteiger partial charge in [0, 0.05) is 25.5 Å². The Morgan fingerprint density at radius 2 is 1.13 bits per heavy atom. The van der Waals surface area contributed by atoms with E-state index in [1.807, 2.05) is 0 Å². The molecule has 0 spiro atoms. The average Bonchev–Trinajstić information content (AvgIpc) is 0.747. The standard InChI is InChI=1S/C65H121N3O35P2/c1-3-5-7-9-11-13-15-17-19-21-39(73)26-51(80)67-38-25-42(75)49(92-34-38)35-93-61-41(68-52(81)27-40(74)22-20-18-16-14-12-10-8-6-4-2)28-47(102-104(87,88)89)50(96-61)36-94-65(63(85)86)30-48(99-64(37-72)29-43(76)53(82)56(100-64)44(77)31-69)59(58(101-65)46(79)33-71)98-62-55(84)54(83)60(57(97-62)45(78)32-70)103-105(90,91)95-24-23-66/h23,38-50,53-63,66,69-79,82-86H,3-22,24-37H2,1-2H3,(H,67,80)(H,68,81)(H,90,91)(H2,87,88,89)/t38-,39-,40-,41-,42+,43-,44-,45+,46-,47+,48-,49-,50-,53-,54-,55+,56-,57-,58-,59-,60+,61+,62-,64-,65-/m1/s1. The number of carbonyl (C=O) groups excluding carboxylic acids is 2. The van der Waals surface area contributed by atoms with Crippen LogP contribution < -0.4 is 10.6 Å². The van der Waals surface area contributed by atoms with Crippen LogP contribution in [0.1, 0.15) is 181 Å². The third-order valence-electron chi connectivity index (χ3n) is 19.3. The molecule has 0 radical (unpaired) electrons. The van der Waals surface area contributed by atoms with Gasteiger partial charge in [-0.2, -0.15) is 0 Å². The van der Waals surface area contributed by atoms with Gasteiger partial charge < -0.3 is 155 Å². The number of nitrogens with one attached hydrogen (secondary N) is 3. The minimum Gasteiger partial charge on any atom is -0.394 e. The van der Waals surface area contributed by atoms with Gasteiger partial charge in [-0.3, -0.25) is 23.2 Å². The Balaban J connectivity index is 1.46. The molecule has 1 unspecified atom stereocenters. The molecule has 5 saturated heterocycles. The van der Waals surface area contributed by atoms with Gasteiger partial charge in [0.05, 0.1) is 108 Å². The van der Waals surface area contributed by atoms with Crippen LogP contribution >= 0.6 is 15.6 Å². The zero-order chi connectivity index (χ0) is 77.7. The minimum absolute atomic E-state index is 0.0736. The second kappa shape index (κ2) is 46.7. The maximum atomic E-state index is 13.9. The average molecular weight is 1570 g/mol. The van der Waals surface area contributed by atoms with E-state index in [-0.39, 0.29) is 25.9 Å². The molecule has 0 bridgehead atoms. The highest BCUT2D eigenvalue weighted by Crippen LogP contribution is 2.49.